The summed E-state index contributed by atoms with van der Waals surface area (Å²) in [5, 5.41) is 9.09. The van der Waals surface area contributed by atoms with Crippen LogP contribution in [0.1, 0.15) is 30.8 Å². The number of furan rings is 1. The second-order valence-electron chi connectivity index (χ2n) is 4.79. The summed E-state index contributed by atoms with van der Waals surface area (Å²) in [6.45, 7) is 2.88. The number of aromatic nitrogens is 3. The van der Waals surface area contributed by atoms with Gasteiger partial charge in [0.15, 0.2) is 0 Å². The topological polar surface area (TPSA) is 81.9 Å². The first-order valence-corrected chi connectivity index (χ1v) is 7.56. The summed E-state index contributed by atoms with van der Waals surface area (Å²) in [6.07, 6.45) is 2.68. The molecule has 7 heteroatoms. The van der Waals surface area contributed by atoms with E-state index in [1.54, 1.807) is 6.20 Å². The maximum Gasteiger partial charge on any atom is 0.148 e. The largest absolute Gasteiger partial charge is 0.458 e. The third-order valence-corrected chi connectivity index (χ3v) is 3.97. The first kappa shape index (κ1) is 14.2. The van der Waals surface area contributed by atoms with E-state index in [4.69, 9.17) is 10.3 Å². The number of rotatable bonds is 5. The highest BCUT2D eigenvalue weighted by molar-refractivity contribution is 9.10. The average molecular weight is 350 g/mol. The van der Waals surface area contributed by atoms with Crippen LogP contribution in [0.2, 0.25) is 0 Å². The van der Waals surface area contributed by atoms with Gasteiger partial charge >= 0.3 is 0 Å². The smallest absolute Gasteiger partial charge is 0.148 e. The van der Waals surface area contributed by atoms with Crippen LogP contribution in [0.3, 0.4) is 0 Å². The fourth-order valence-electron chi connectivity index (χ4n) is 2.38. The highest BCUT2D eigenvalue weighted by Gasteiger charge is 2.22. The van der Waals surface area contributed by atoms with Gasteiger partial charge in [0.2, 0.25) is 0 Å². The molecule has 1 aromatic carbocycles. The number of para-hydroxylation sites is 1. The van der Waals surface area contributed by atoms with Gasteiger partial charge in [0.1, 0.15) is 17.4 Å². The Labute approximate surface area is 130 Å². The predicted molar refractivity (Wildman–Crippen MR) is 83.4 cm³/mol. The number of benzene rings is 1. The molecule has 0 saturated heterocycles. The first-order chi connectivity index (χ1) is 10.2. The summed E-state index contributed by atoms with van der Waals surface area (Å²) in [5.41, 5.74) is 4.48. The van der Waals surface area contributed by atoms with Gasteiger partial charge in [-0.1, -0.05) is 24.3 Å². The number of aryl methyl sites for hydroxylation is 1. The molecule has 2 aromatic heterocycles. The summed E-state index contributed by atoms with van der Waals surface area (Å²) >= 11 is 3.49. The van der Waals surface area contributed by atoms with Gasteiger partial charge < -0.3 is 4.42 Å². The number of hydrazine groups is 1. The molecule has 0 fully saturated rings. The molecule has 0 saturated carbocycles. The molecule has 1 atom stereocenters. The minimum absolute atomic E-state index is 0.286. The van der Waals surface area contributed by atoms with Crippen LogP contribution in [0.15, 0.2) is 39.4 Å². The third-order valence-electron chi connectivity index (χ3n) is 3.35. The SMILES string of the molecule is CCCn1nncc1C(NN)c1cc2cccc(Br)c2o1. The van der Waals surface area contributed by atoms with Gasteiger partial charge in [-0.25, -0.2) is 10.1 Å². The van der Waals surface area contributed by atoms with Crippen LogP contribution in [-0.2, 0) is 6.54 Å². The van der Waals surface area contributed by atoms with Crippen molar-refractivity contribution < 1.29 is 4.42 Å². The molecule has 0 amide bonds. The van der Waals surface area contributed by atoms with Crippen molar-refractivity contribution in [2.24, 2.45) is 5.84 Å². The van der Waals surface area contributed by atoms with E-state index in [0.29, 0.717) is 0 Å². The van der Waals surface area contributed by atoms with Crippen LogP contribution < -0.4 is 11.3 Å². The van der Waals surface area contributed by atoms with Gasteiger partial charge in [-0.2, -0.15) is 0 Å². The van der Waals surface area contributed by atoms with Crippen molar-refractivity contribution >= 4 is 26.9 Å². The molecule has 0 aliphatic carbocycles. The van der Waals surface area contributed by atoms with E-state index in [1.807, 2.05) is 28.9 Å². The fourth-order valence-corrected chi connectivity index (χ4v) is 2.84. The number of fused-ring (bicyclic) bond motifs is 1. The number of nitrogens with two attached hydrogens (primary N) is 1. The summed E-state index contributed by atoms with van der Waals surface area (Å²) in [6, 6.07) is 7.62. The van der Waals surface area contributed by atoms with Crippen LogP contribution in [0, 0.1) is 0 Å². The molecular formula is C14H16BrN5O. The molecule has 6 nitrogen and oxygen atoms in total. The normalized spacial score (nSPS) is 12.9. The van der Waals surface area contributed by atoms with Gasteiger partial charge in [-0.3, -0.25) is 5.84 Å². The van der Waals surface area contributed by atoms with Crippen LogP contribution in [0.4, 0.5) is 0 Å². The van der Waals surface area contributed by atoms with Crippen molar-refractivity contribution in [3.63, 3.8) is 0 Å². The molecule has 110 valence electrons. The van der Waals surface area contributed by atoms with Gasteiger partial charge in [0, 0.05) is 11.9 Å². The Kier molecular flexibility index (Phi) is 4.05. The summed E-state index contributed by atoms with van der Waals surface area (Å²) in [5.74, 6) is 6.47. The molecule has 0 bridgehead atoms. The summed E-state index contributed by atoms with van der Waals surface area (Å²) < 4.78 is 8.71. The fraction of sp³-hybridized carbons (Fsp3) is 0.286. The maximum absolute atomic E-state index is 5.95. The Balaban J connectivity index is 2.05. The molecule has 0 aliphatic heterocycles. The zero-order valence-corrected chi connectivity index (χ0v) is 13.2. The van der Waals surface area contributed by atoms with Crippen molar-refractivity contribution in [3.05, 3.63) is 46.4 Å². The Bertz CT molecular complexity index is 751. The monoisotopic (exact) mass is 349 g/mol. The van der Waals surface area contributed by atoms with Crippen LogP contribution in [-0.4, -0.2) is 15.0 Å². The molecule has 0 aliphatic rings. The van der Waals surface area contributed by atoms with Crippen molar-refractivity contribution in [1.29, 1.82) is 0 Å². The maximum atomic E-state index is 5.95. The standard InChI is InChI=1S/C14H16BrN5O/c1-2-6-20-11(8-17-19-20)13(18-16)12-7-9-4-3-5-10(15)14(9)21-12/h3-5,7-8,13,18H,2,6,16H2,1H3. The summed E-state index contributed by atoms with van der Waals surface area (Å²) in [7, 11) is 0. The van der Waals surface area contributed by atoms with Crippen molar-refractivity contribution in [3.8, 4) is 0 Å². The average Bonchev–Trinajstić information content (AvgIpc) is 3.09. The minimum Gasteiger partial charge on any atom is -0.458 e. The van der Waals surface area contributed by atoms with Gasteiger partial charge in [0.05, 0.1) is 16.4 Å². The van der Waals surface area contributed by atoms with Crippen molar-refractivity contribution in [1.82, 2.24) is 20.4 Å². The molecule has 3 rings (SSSR count). The lowest BCUT2D eigenvalue weighted by molar-refractivity contribution is 0.444. The highest BCUT2D eigenvalue weighted by atomic mass is 79.9. The number of hydrogen-bond donors (Lipinski definition) is 2. The quantitative estimate of drug-likeness (QED) is 0.546. The van der Waals surface area contributed by atoms with Gasteiger partial charge in [0.25, 0.3) is 0 Å². The molecule has 0 radical (unpaired) electrons. The van der Waals surface area contributed by atoms with Crippen molar-refractivity contribution in [2.75, 3.05) is 0 Å². The molecule has 3 N–H and O–H groups in total. The lowest BCUT2D eigenvalue weighted by Gasteiger charge is -2.14. The lowest BCUT2D eigenvalue weighted by Crippen LogP contribution is -2.30. The van der Waals surface area contributed by atoms with E-state index in [-0.39, 0.29) is 6.04 Å². The van der Waals surface area contributed by atoms with Crippen LogP contribution >= 0.6 is 15.9 Å². The number of nitrogens with one attached hydrogen (secondary N) is 1. The molecule has 21 heavy (non-hydrogen) atoms. The van der Waals surface area contributed by atoms with E-state index >= 15 is 0 Å². The minimum atomic E-state index is -0.286. The Morgan fingerprint density at radius 1 is 1.48 bits per heavy atom. The van der Waals surface area contributed by atoms with E-state index in [1.165, 1.54) is 0 Å². The summed E-state index contributed by atoms with van der Waals surface area (Å²) in [4.78, 5) is 0. The number of halogens is 1. The second-order valence-corrected chi connectivity index (χ2v) is 5.64. The molecule has 2 heterocycles. The van der Waals surface area contributed by atoms with E-state index in [0.717, 1.165) is 39.9 Å². The molecule has 1 unspecified atom stereocenters. The van der Waals surface area contributed by atoms with Gasteiger partial charge in [-0.15, -0.1) is 5.10 Å². The van der Waals surface area contributed by atoms with E-state index in [9.17, 15) is 0 Å². The molecule has 3 aromatic rings. The Hall–Kier alpha value is -1.70. The lowest BCUT2D eigenvalue weighted by atomic mass is 10.1. The number of nitrogens with zero attached hydrogens (tertiary/aromatic N) is 3. The van der Waals surface area contributed by atoms with E-state index < -0.39 is 0 Å². The highest BCUT2D eigenvalue weighted by Crippen LogP contribution is 2.31. The van der Waals surface area contributed by atoms with Crippen LogP contribution in [0.25, 0.3) is 11.0 Å². The van der Waals surface area contributed by atoms with Crippen molar-refractivity contribution in [2.45, 2.75) is 25.9 Å². The zero-order valence-electron chi connectivity index (χ0n) is 11.6. The number of hydrogen-bond acceptors (Lipinski definition) is 5. The predicted octanol–water partition coefficient (Wildman–Crippen LogP) is 2.75. The van der Waals surface area contributed by atoms with Crippen LogP contribution in [0.5, 0.6) is 0 Å². The second kappa shape index (κ2) is 5.97. The first-order valence-electron chi connectivity index (χ1n) is 6.77. The Morgan fingerprint density at radius 3 is 3.05 bits per heavy atom. The molecular weight excluding hydrogens is 334 g/mol. The van der Waals surface area contributed by atoms with Gasteiger partial charge in [-0.05, 0) is 34.5 Å². The third kappa shape index (κ3) is 2.59. The van der Waals surface area contributed by atoms with E-state index in [2.05, 4.69) is 38.6 Å². The zero-order chi connectivity index (χ0) is 14.8. The molecule has 0 spiro atoms. The Morgan fingerprint density at radius 2 is 2.33 bits per heavy atom.